The van der Waals surface area contributed by atoms with Crippen LogP contribution in [0.25, 0.3) is 0 Å². The van der Waals surface area contributed by atoms with Crippen molar-refractivity contribution in [2.75, 3.05) is 0 Å². The zero-order chi connectivity index (χ0) is 0. The summed E-state index contributed by atoms with van der Waals surface area (Å²) in [6.07, 6.45) is 0. The third-order valence-electron chi connectivity index (χ3n) is 0. The van der Waals surface area contributed by atoms with Crippen molar-refractivity contribution in [3.63, 3.8) is 0 Å². The van der Waals surface area contributed by atoms with Crippen molar-refractivity contribution < 1.29 is 66.2 Å². The van der Waals surface area contributed by atoms with Crippen molar-refractivity contribution in [1.29, 1.82) is 0 Å². The fourth-order valence-electron chi connectivity index (χ4n) is 0. The molecule has 0 fully saturated rings. The third-order valence-corrected chi connectivity index (χ3v) is 0. The second-order valence-electron chi connectivity index (χ2n) is 0. The summed E-state index contributed by atoms with van der Waals surface area (Å²) in [6.45, 7) is 0. The molecule has 0 aromatic heterocycles. The minimum absolute atomic E-state index is 0. The number of hydrogen-bond donors (Lipinski definition) is 0. The van der Waals surface area contributed by atoms with E-state index in [4.69, 9.17) is 0 Å². The van der Waals surface area contributed by atoms with E-state index in [0.29, 0.717) is 0 Å². The molecule has 8 heteroatoms. The minimum Gasteiger partial charge on any atom is -2.00 e. The molecule has 0 bridgehead atoms. The van der Waals surface area contributed by atoms with E-state index in [-0.39, 0.29) is 83.5 Å². The average molecular weight is 211 g/mol. The summed E-state index contributed by atoms with van der Waals surface area (Å²) < 4.78 is 0. The Morgan fingerprint density at radius 2 is 0.500 bits per heavy atom. The first-order chi connectivity index (χ1) is 0. The molecule has 0 heterocycles. The Morgan fingerprint density at radius 3 is 0.500 bits per heavy atom. The van der Waals surface area contributed by atoms with E-state index in [0.717, 1.165) is 0 Å². The van der Waals surface area contributed by atoms with Gasteiger partial charge in [-0.1, -0.05) is 0 Å². The second-order valence-corrected chi connectivity index (χ2v) is 0. The van der Waals surface area contributed by atoms with Gasteiger partial charge >= 0.3 is 56.1 Å². The first kappa shape index (κ1) is 286. The van der Waals surface area contributed by atoms with Gasteiger partial charge in [-0.15, -0.1) is 0 Å². The molecule has 0 atom stereocenters. The van der Waals surface area contributed by atoms with Gasteiger partial charge in [0.25, 0.3) is 0 Å². The molecule has 0 amide bonds. The van der Waals surface area contributed by atoms with Gasteiger partial charge in [0.1, 0.15) is 0 Å². The monoisotopic (exact) mass is 211 g/mol. The predicted octanol–water partition coefficient (Wildman–Crippen LogP) is -0.980. The maximum Gasteiger partial charge on any atom is 4.00 e. The fraction of sp³-hybridized carbons (Fsp3) is 0. The van der Waals surface area contributed by atoms with Crippen LogP contribution in [-0.4, -0.2) is 17.4 Å². The molecule has 0 saturated carbocycles. The molecule has 0 rings (SSSR count). The van der Waals surface area contributed by atoms with E-state index in [1.54, 1.807) is 0 Å². The molecule has 0 aromatic rings. The van der Waals surface area contributed by atoms with Gasteiger partial charge in [0.2, 0.25) is 0 Å². The predicted molar refractivity (Wildman–Crippen MR) is 9.19 cm³/mol. The first-order valence-corrected chi connectivity index (χ1v) is 0. The maximum atomic E-state index is 0. The van der Waals surface area contributed by atoms with Gasteiger partial charge in [0.05, 0.1) is 0 Å². The second kappa shape index (κ2) is 200. The summed E-state index contributed by atoms with van der Waals surface area (Å²) in [5.41, 5.74) is 0. The Bertz CT molecular complexity index is 12.4. The van der Waals surface area contributed by atoms with Gasteiger partial charge in [-0.3, -0.25) is 0 Å². The summed E-state index contributed by atoms with van der Waals surface area (Å²) >= 11 is 0. The van der Waals surface area contributed by atoms with Crippen LogP contribution in [0.2, 0.25) is 0 Å². The summed E-state index contributed by atoms with van der Waals surface area (Å²) in [5, 5.41) is 0. The van der Waals surface area contributed by atoms with Crippen molar-refractivity contribution in [3.8, 4) is 0 Å². The van der Waals surface area contributed by atoms with Gasteiger partial charge < -0.3 is 27.4 Å². The smallest absolute Gasteiger partial charge is 2.00 e. The van der Waals surface area contributed by atoms with E-state index >= 15 is 0 Å². The molecule has 0 spiro atoms. The summed E-state index contributed by atoms with van der Waals surface area (Å²) in [6, 6.07) is 0. The topological polar surface area (TPSA) is 142 Å². The van der Waals surface area contributed by atoms with Crippen molar-refractivity contribution >= 4 is 17.4 Å². The van der Waals surface area contributed by atoms with E-state index in [9.17, 15) is 0 Å². The van der Waals surface area contributed by atoms with Gasteiger partial charge in [-0.25, -0.2) is 0 Å². The van der Waals surface area contributed by atoms with Crippen molar-refractivity contribution in [3.05, 3.63) is 0 Å². The van der Waals surface area contributed by atoms with Crippen LogP contribution in [0, 0.1) is 0 Å². The minimum atomic E-state index is 0. The van der Waals surface area contributed by atoms with Crippen LogP contribution in [0.15, 0.2) is 0 Å². The largest absolute Gasteiger partial charge is 4.00 e. The molecular formula is AlFeO5Ti. The van der Waals surface area contributed by atoms with Crippen molar-refractivity contribution in [2.24, 2.45) is 0 Å². The van der Waals surface area contributed by atoms with Crippen LogP contribution in [0.3, 0.4) is 0 Å². The SMILES string of the molecule is [Al+3].[Fe+3].[O-2].[O-2].[O-2].[O-2].[O-2].[Ti+4]. The van der Waals surface area contributed by atoms with Gasteiger partial charge in [0.15, 0.2) is 0 Å². The molecule has 5 nitrogen and oxygen atoms in total. The Hall–Kier alpha value is 1.57. The van der Waals surface area contributed by atoms with Crippen LogP contribution in [-0.2, 0) is 66.2 Å². The van der Waals surface area contributed by atoms with Crippen molar-refractivity contribution in [2.45, 2.75) is 0 Å². The Balaban J connectivity index is 0. The molecule has 45 valence electrons. The van der Waals surface area contributed by atoms with Crippen LogP contribution in [0.1, 0.15) is 0 Å². The first-order valence-electron chi connectivity index (χ1n) is 0. The number of hydrogen-bond acceptors (Lipinski definition) is 0. The Morgan fingerprint density at radius 1 is 0.500 bits per heavy atom. The Kier molecular flexibility index (Phi) is 7150. The molecular weight excluding hydrogens is 211 g/mol. The van der Waals surface area contributed by atoms with Crippen molar-refractivity contribution in [1.82, 2.24) is 0 Å². The van der Waals surface area contributed by atoms with Gasteiger partial charge in [-0.05, 0) is 0 Å². The quantitative estimate of drug-likeness (QED) is 0.453. The molecule has 0 aliphatic rings. The molecule has 0 aromatic carbocycles. The normalized spacial score (nSPS) is 0. The molecule has 0 unspecified atom stereocenters. The van der Waals surface area contributed by atoms with E-state index in [1.807, 2.05) is 0 Å². The van der Waals surface area contributed by atoms with E-state index in [2.05, 4.69) is 0 Å². The molecule has 0 saturated heterocycles. The zero-order valence-corrected chi connectivity index (χ0v) is 7.29. The summed E-state index contributed by atoms with van der Waals surface area (Å²) in [5.74, 6) is 0. The fourth-order valence-corrected chi connectivity index (χ4v) is 0. The average Bonchev–Trinajstić information content (AvgIpc) is 0. The Labute approximate surface area is 83.2 Å². The van der Waals surface area contributed by atoms with Crippen LogP contribution in [0.4, 0.5) is 0 Å². The van der Waals surface area contributed by atoms with Crippen LogP contribution >= 0.6 is 0 Å². The molecule has 0 aliphatic carbocycles. The molecule has 8 heavy (non-hydrogen) atoms. The summed E-state index contributed by atoms with van der Waals surface area (Å²) in [4.78, 5) is 0. The molecule has 0 aliphatic heterocycles. The summed E-state index contributed by atoms with van der Waals surface area (Å²) in [7, 11) is 0. The van der Waals surface area contributed by atoms with E-state index < -0.39 is 0 Å². The van der Waals surface area contributed by atoms with Crippen LogP contribution in [0.5, 0.6) is 0 Å². The number of rotatable bonds is 0. The zero-order valence-electron chi connectivity index (χ0n) is 3.47. The maximum absolute atomic E-state index is 0. The van der Waals surface area contributed by atoms with Gasteiger partial charge in [-0.2, -0.15) is 0 Å². The third kappa shape index (κ3) is 133. The standard InChI is InChI=1S/Al.Fe.5O.Ti/q2*+3;5*-2;+4. The van der Waals surface area contributed by atoms with Gasteiger partial charge in [0, 0.05) is 0 Å². The molecule has 1 radical (unpaired) electrons. The molecule has 0 N–H and O–H groups in total. The van der Waals surface area contributed by atoms with E-state index in [1.165, 1.54) is 0 Å². The van der Waals surface area contributed by atoms with Crippen LogP contribution < -0.4 is 0 Å².